The Bertz CT molecular complexity index is 392. The summed E-state index contributed by atoms with van der Waals surface area (Å²) in [7, 11) is 5.24. The van der Waals surface area contributed by atoms with Gasteiger partial charge in [-0.3, -0.25) is 0 Å². The average Bonchev–Trinajstić information content (AvgIpc) is 2.35. The summed E-state index contributed by atoms with van der Waals surface area (Å²) in [6.45, 7) is 4.09. The second-order valence-corrected chi connectivity index (χ2v) is 4.62. The van der Waals surface area contributed by atoms with Crippen LogP contribution < -0.4 is 20.5 Å². The minimum atomic E-state index is 0.148. The van der Waals surface area contributed by atoms with Crippen molar-refractivity contribution in [1.29, 1.82) is 0 Å². The summed E-state index contributed by atoms with van der Waals surface area (Å²) in [5.74, 6) is 1.51. The molecule has 0 bridgehead atoms. The summed E-state index contributed by atoms with van der Waals surface area (Å²) < 4.78 is 10.6. The highest BCUT2D eigenvalue weighted by Gasteiger charge is 2.17. The topological polar surface area (TPSA) is 56.5 Å². The third kappa shape index (κ3) is 3.37. The predicted molar refractivity (Wildman–Crippen MR) is 74.4 cm³/mol. The Morgan fingerprint density at radius 2 is 1.78 bits per heavy atom. The maximum absolute atomic E-state index is 5.89. The van der Waals surface area contributed by atoms with Gasteiger partial charge in [0.2, 0.25) is 0 Å². The van der Waals surface area contributed by atoms with Gasteiger partial charge in [-0.1, -0.05) is 0 Å². The number of nitrogens with two attached hydrogens (primary N) is 1. The second-order valence-electron chi connectivity index (χ2n) is 4.62. The quantitative estimate of drug-likeness (QED) is 0.813. The van der Waals surface area contributed by atoms with E-state index in [2.05, 4.69) is 12.2 Å². The Hall–Kier alpha value is -1.26. The van der Waals surface area contributed by atoms with Crippen molar-refractivity contribution in [1.82, 2.24) is 5.32 Å². The van der Waals surface area contributed by atoms with E-state index in [-0.39, 0.29) is 12.1 Å². The Morgan fingerprint density at radius 1 is 1.22 bits per heavy atom. The average molecular weight is 252 g/mol. The Morgan fingerprint density at radius 3 is 2.22 bits per heavy atom. The fourth-order valence-electron chi connectivity index (χ4n) is 2.14. The van der Waals surface area contributed by atoms with Crippen LogP contribution in [0.2, 0.25) is 0 Å². The highest BCUT2D eigenvalue weighted by atomic mass is 16.5. The van der Waals surface area contributed by atoms with Gasteiger partial charge in [0.1, 0.15) is 0 Å². The molecule has 0 aliphatic carbocycles. The van der Waals surface area contributed by atoms with Gasteiger partial charge in [0, 0.05) is 12.1 Å². The third-order valence-electron chi connectivity index (χ3n) is 3.10. The molecule has 4 nitrogen and oxygen atoms in total. The first kappa shape index (κ1) is 14.8. The third-order valence-corrected chi connectivity index (χ3v) is 3.10. The Kier molecular flexibility index (Phi) is 5.44. The van der Waals surface area contributed by atoms with Crippen molar-refractivity contribution in [3.63, 3.8) is 0 Å². The minimum Gasteiger partial charge on any atom is -0.493 e. The maximum Gasteiger partial charge on any atom is 0.161 e. The molecule has 0 fully saturated rings. The SMILES string of the molecule is CNC(CC(C)N)c1cc(OC)c(OC)cc1C. The van der Waals surface area contributed by atoms with Crippen LogP contribution in [0.25, 0.3) is 0 Å². The van der Waals surface area contributed by atoms with E-state index in [9.17, 15) is 0 Å². The first-order valence-electron chi connectivity index (χ1n) is 6.18. The molecule has 2 unspecified atom stereocenters. The molecule has 4 heteroatoms. The van der Waals surface area contributed by atoms with Crippen molar-refractivity contribution >= 4 is 0 Å². The Labute approximate surface area is 109 Å². The van der Waals surface area contributed by atoms with E-state index in [0.29, 0.717) is 0 Å². The van der Waals surface area contributed by atoms with Gasteiger partial charge in [0.25, 0.3) is 0 Å². The van der Waals surface area contributed by atoms with Gasteiger partial charge >= 0.3 is 0 Å². The molecule has 102 valence electrons. The van der Waals surface area contributed by atoms with Crippen molar-refractivity contribution in [2.45, 2.75) is 32.4 Å². The van der Waals surface area contributed by atoms with Crippen LogP contribution in [0.3, 0.4) is 0 Å². The maximum atomic E-state index is 5.89. The first-order valence-corrected chi connectivity index (χ1v) is 6.18. The van der Waals surface area contributed by atoms with Crippen LogP contribution in [0.4, 0.5) is 0 Å². The Balaban J connectivity index is 3.14. The zero-order valence-electron chi connectivity index (χ0n) is 11.9. The van der Waals surface area contributed by atoms with Crippen molar-refractivity contribution in [2.75, 3.05) is 21.3 Å². The molecule has 1 aromatic rings. The number of benzene rings is 1. The molecule has 0 saturated heterocycles. The van der Waals surface area contributed by atoms with Gasteiger partial charge in [-0.05, 0) is 50.6 Å². The molecule has 0 aliphatic rings. The van der Waals surface area contributed by atoms with Crippen molar-refractivity contribution in [2.24, 2.45) is 5.73 Å². The smallest absolute Gasteiger partial charge is 0.161 e. The van der Waals surface area contributed by atoms with E-state index in [4.69, 9.17) is 15.2 Å². The lowest BCUT2D eigenvalue weighted by molar-refractivity contribution is 0.353. The molecule has 1 aromatic carbocycles. The molecule has 0 amide bonds. The molecule has 0 heterocycles. The van der Waals surface area contributed by atoms with E-state index in [1.54, 1.807) is 14.2 Å². The van der Waals surface area contributed by atoms with Gasteiger partial charge < -0.3 is 20.5 Å². The van der Waals surface area contributed by atoms with Crippen LogP contribution in [0.1, 0.15) is 30.5 Å². The van der Waals surface area contributed by atoms with Gasteiger partial charge in [-0.25, -0.2) is 0 Å². The predicted octanol–water partition coefficient (Wildman–Crippen LogP) is 2.01. The number of aryl methyl sites for hydroxylation is 1. The van der Waals surface area contributed by atoms with Crippen LogP contribution >= 0.6 is 0 Å². The van der Waals surface area contributed by atoms with Crippen LogP contribution in [0, 0.1) is 6.92 Å². The lowest BCUT2D eigenvalue weighted by Gasteiger charge is -2.22. The van der Waals surface area contributed by atoms with E-state index < -0.39 is 0 Å². The summed E-state index contributed by atoms with van der Waals surface area (Å²) in [5, 5.41) is 3.30. The monoisotopic (exact) mass is 252 g/mol. The molecule has 0 aromatic heterocycles. The molecule has 2 atom stereocenters. The lowest BCUT2D eigenvalue weighted by atomic mass is 9.95. The van der Waals surface area contributed by atoms with E-state index in [0.717, 1.165) is 17.9 Å². The van der Waals surface area contributed by atoms with Crippen LogP contribution in [0.5, 0.6) is 11.5 Å². The molecule has 18 heavy (non-hydrogen) atoms. The molecule has 0 radical (unpaired) electrons. The van der Waals surface area contributed by atoms with Crippen molar-refractivity contribution in [3.05, 3.63) is 23.3 Å². The summed E-state index contributed by atoms with van der Waals surface area (Å²) in [6, 6.07) is 4.40. The first-order chi connectivity index (χ1) is 8.53. The molecule has 0 saturated carbocycles. The molecule has 0 spiro atoms. The lowest BCUT2D eigenvalue weighted by Crippen LogP contribution is -2.26. The highest BCUT2D eigenvalue weighted by Crippen LogP contribution is 2.33. The van der Waals surface area contributed by atoms with Gasteiger partial charge in [-0.15, -0.1) is 0 Å². The molecule has 1 rings (SSSR count). The summed E-state index contributed by atoms with van der Waals surface area (Å²) >= 11 is 0. The van der Waals surface area contributed by atoms with E-state index >= 15 is 0 Å². The highest BCUT2D eigenvalue weighted by molar-refractivity contribution is 5.48. The number of hydrogen-bond acceptors (Lipinski definition) is 4. The summed E-state index contributed by atoms with van der Waals surface area (Å²) in [5.41, 5.74) is 8.26. The molecular weight excluding hydrogens is 228 g/mol. The normalized spacial score (nSPS) is 14.1. The number of rotatable bonds is 6. The number of ether oxygens (including phenoxy) is 2. The zero-order chi connectivity index (χ0) is 13.7. The molecule has 0 aliphatic heterocycles. The minimum absolute atomic E-state index is 0.148. The largest absolute Gasteiger partial charge is 0.493 e. The molecule has 3 N–H and O–H groups in total. The van der Waals surface area contributed by atoms with E-state index in [1.807, 2.05) is 26.1 Å². The fourth-order valence-corrected chi connectivity index (χ4v) is 2.14. The van der Waals surface area contributed by atoms with Crippen molar-refractivity contribution < 1.29 is 9.47 Å². The van der Waals surface area contributed by atoms with Gasteiger partial charge in [0.05, 0.1) is 14.2 Å². The zero-order valence-corrected chi connectivity index (χ0v) is 11.9. The van der Waals surface area contributed by atoms with Crippen LogP contribution in [0.15, 0.2) is 12.1 Å². The van der Waals surface area contributed by atoms with Gasteiger partial charge in [-0.2, -0.15) is 0 Å². The van der Waals surface area contributed by atoms with Crippen LogP contribution in [-0.2, 0) is 0 Å². The number of hydrogen-bond donors (Lipinski definition) is 2. The summed E-state index contributed by atoms with van der Waals surface area (Å²) in [4.78, 5) is 0. The van der Waals surface area contributed by atoms with Crippen LogP contribution in [-0.4, -0.2) is 27.3 Å². The number of methoxy groups -OCH3 is 2. The van der Waals surface area contributed by atoms with Gasteiger partial charge in [0.15, 0.2) is 11.5 Å². The van der Waals surface area contributed by atoms with Crippen molar-refractivity contribution in [3.8, 4) is 11.5 Å². The second kappa shape index (κ2) is 6.61. The van der Waals surface area contributed by atoms with E-state index in [1.165, 1.54) is 11.1 Å². The summed E-state index contributed by atoms with van der Waals surface area (Å²) in [6.07, 6.45) is 0.882. The number of nitrogens with one attached hydrogen (secondary N) is 1. The fraction of sp³-hybridized carbons (Fsp3) is 0.571. The standard InChI is InChI=1S/C14H24N2O2/c1-9-6-13(17-4)14(18-5)8-11(9)12(16-3)7-10(2)15/h6,8,10,12,16H,7,15H2,1-5H3. The molecular formula is C14H24N2O2.